The van der Waals surface area contributed by atoms with E-state index in [-0.39, 0.29) is 5.97 Å². The van der Waals surface area contributed by atoms with Crippen molar-refractivity contribution in [1.82, 2.24) is 5.32 Å². The number of esters is 1. The van der Waals surface area contributed by atoms with E-state index in [2.05, 4.69) is 5.32 Å². The van der Waals surface area contributed by atoms with Gasteiger partial charge in [-0.15, -0.1) is 0 Å². The molecule has 3 rings (SSSR count). The van der Waals surface area contributed by atoms with Crippen LogP contribution < -0.4 is 10.1 Å². The Morgan fingerprint density at radius 2 is 1.79 bits per heavy atom. The Bertz CT molecular complexity index is 706. The lowest BCUT2D eigenvalue weighted by atomic mass is 9.84. The number of nitrogens with one attached hydrogen (secondary N) is 1. The summed E-state index contributed by atoms with van der Waals surface area (Å²) < 4.78 is 11.3. The van der Waals surface area contributed by atoms with Crippen LogP contribution in [0.5, 0.6) is 5.75 Å². The highest BCUT2D eigenvalue weighted by molar-refractivity contribution is 5.90. The van der Waals surface area contributed by atoms with Crippen molar-refractivity contribution in [3.63, 3.8) is 0 Å². The molecule has 1 heterocycles. The fraction of sp³-hybridized carbons (Fsp3) is 0.350. The van der Waals surface area contributed by atoms with Crippen LogP contribution in [0.25, 0.3) is 0 Å². The van der Waals surface area contributed by atoms with Crippen LogP contribution in [0.3, 0.4) is 0 Å². The number of carbonyl (C=O) groups is 1. The van der Waals surface area contributed by atoms with Crippen molar-refractivity contribution in [2.45, 2.75) is 25.4 Å². The number of hydrogen-bond donors (Lipinski definition) is 1. The molecule has 0 atom stereocenters. The molecular formula is C20H23NO3. The highest BCUT2D eigenvalue weighted by atomic mass is 16.6. The molecule has 126 valence electrons. The van der Waals surface area contributed by atoms with Gasteiger partial charge in [0.2, 0.25) is 0 Å². The molecule has 0 aliphatic carbocycles. The number of aryl methyl sites for hydroxylation is 1. The maximum Gasteiger partial charge on any atom is 0.339 e. The minimum absolute atomic E-state index is 0.286. The fourth-order valence-corrected chi connectivity index (χ4v) is 3.26. The number of piperidine rings is 1. The van der Waals surface area contributed by atoms with Crippen LogP contribution in [0.2, 0.25) is 0 Å². The van der Waals surface area contributed by atoms with Crippen LogP contribution in [-0.4, -0.2) is 26.2 Å². The molecule has 0 spiro atoms. The van der Waals surface area contributed by atoms with Gasteiger partial charge in [0.15, 0.2) is 0 Å². The van der Waals surface area contributed by atoms with Crippen molar-refractivity contribution in [2.24, 2.45) is 0 Å². The molecule has 0 aromatic heterocycles. The van der Waals surface area contributed by atoms with Gasteiger partial charge in [0.1, 0.15) is 11.4 Å². The number of hydrogen-bond acceptors (Lipinski definition) is 4. The van der Waals surface area contributed by atoms with Crippen LogP contribution in [-0.2, 0) is 10.3 Å². The topological polar surface area (TPSA) is 47.6 Å². The highest BCUT2D eigenvalue weighted by Crippen LogP contribution is 2.35. The largest absolute Gasteiger partial charge is 0.496 e. The first kappa shape index (κ1) is 16.5. The Labute approximate surface area is 142 Å². The minimum atomic E-state index is -0.558. The molecule has 2 aromatic rings. The van der Waals surface area contributed by atoms with Crippen molar-refractivity contribution >= 4 is 5.97 Å². The van der Waals surface area contributed by atoms with Gasteiger partial charge < -0.3 is 14.8 Å². The second-order valence-corrected chi connectivity index (χ2v) is 6.18. The van der Waals surface area contributed by atoms with E-state index in [1.807, 2.05) is 49.4 Å². The van der Waals surface area contributed by atoms with Crippen LogP contribution in [0.4, 0.5) is 0 Å². The summed E-state index contributed by atoms with van der Waals surface area (Å²) in [6.07, 6.45) is 1.55. The molecule has 0 saturated carbocycles. The summed E-state index contributed by atoms with van der Waals surface area (Å²) in [6, 6.07) is 15.4. The second kappa shape index (κ2) is 7.05. The van der Waals surface area contributed by atoms with Gasteiger partial charge in [-0.05, 0) is 49.3 Å². The predicted octanol–water partition coefficient (Wildman–Crippen LogP) is 3.44. The standard InChI is InChI=1S/C20H23NO3/c1-15-14-16(8-9-18(15)23-2)19(22)24-20(10-12-21-13-11-20)17-6-4-3-5-7-17/h3-9,14,21H,10-13H2,1-2H3. The third kappa shape index (κ3) is 3.29. The maximum atomic E-state index is 12.8. The van der Waals surface area contributed by atoms with Gasteiger partial charge in [-0.2, -0.15) is 0 Å². The van der Waals surface area contributed by atoms with Crippen LogP contribution >= 0.6 is 0 Å². The second-order valence-electron chi connectivity index (χ2n) is 6.18. The lowest BCUT2D eigenvalue weighted by Gasteiger charge is -2.37. The molecular weight excluding hydrogens is 302 g/mol. The molecule has 4 heteroatoms. The molecule has 1 aliphatic rings. The van der Waals surface area contributed by atoms with Crippen molar-refractivity contribution in [3.8, 4) is 5.75 Å². The Morgan fingerprint density at radius 1 is 1.08 bits per heavy atom. The summed E-state index contributed by atoms with van der Waals surface area (Å²) in [7, 11) is 1.62. The first-order chi connectivity index (χ1) is 11.6. The maximum absolute atomic E-state index is 12.8. The Balaban J connectivity index is 1.88. The van der Waals surface area contributed by atoms with E-state index in [0.29, 0.717) is 5.56 Å². The molecule has 1 saturated heterocycles. The van der Waals surface area contributed by atoms with Gasteiger partial charge in [-0.3, -0.25) is 0 Å². The van der Waals surface area contributed by atoms with Crippen LogP contribution in [0, 0.1) is 6.92 Å². The summed E-state index contributed by atoms with van der Waals surface area (Å²) >= 11 is 0. The molecule has 1 aliphatic heterocycles. The van der Waals surface area contributed by atoms with Gasteiger partial charge in [-0.25, -0.2) is 4.79 Å². The first-order valence-electron chi connectivity index (χ1n) is 8.29. The van der Waals surface area contributed by atoms with Crippen molar-refractivity contribution in [3.05, 3.63) is 65.2 Å². The van der Waals surface area contributed by atoms with Crippen molar-refractivity contribution in [2.75, 3.05) is 20.2 Å². The van der Waals surface area contributed by atoms with Crippen molar-refractivity contribution in [1.29, 1.82) is 0 Å². The normalized spacial score (nSPS) is 16.4. The molecule has 24 heavy (non-hydrogen) atoms. The van der Waals surface area contributed by atoms with Gasteiger partial charge in [-0.1, -0.05) is 30.3 Å². The summed E-state index contributed by atoms with van der Waals surface area (Å²) in [5.41, 5.74) is 1.98. The van der Waals surface area contributed by atoms with Crippen LogP contribution in [0.15, 0.2) is 48.5 Å². The fourth-order valence-electron chi connectivity index (χ4n) is 3.26. The average molecular weight is 325 g/mol. The molecule has 2 aromatic carbocycles. The quantitative estimate of drug-likeness (QED) is 0.875. The minimum Gasteiger partial charge on any atom is -0.496 e. The van der Waals surface area contributed by atoms with Gasteiger partial charge >= 0.3 is 5.97 Å². The van der Waals surface area contributed by atoms with E-state index in [4.69, 9.17) is 9.47 Å². The summed E-state index contributed by atoms with van der Waals surface area (Å²) in [6.45, 7) is 3.60. The Hall–Kier alpha value is -2.33. The molecule has 0 amide bonds. The lowest BCUT2D eigenvalue weighted by Crippen LogP contribution is -2.43. The van der Waals surface area contributed by atoms with Gasteiger partial charge in [0.25, 0.3) is 0 Å². The molecule has 0 unspecified atom stereocenters. The summed E-state index contributed by atoms with van der Waals surface area (Å²) in [4.78, 5) is 12.8. The zero-order valence-electron chi connectivity index (χ0n) is 14.2. The molecule has 0 radical (unpaired) electrons. The number of rotatable bonds is 4. The SMILES string of the molecule is COc1ccc(C(=O)OC2(c3ccccc3)CCNCC2)cc1C. The van der Waals surface area contributed by atoms with E-state index < -0.39 is 5.60 Å². The summed E-state index contributed by atoms with van der Waals surface area (Å²) in [5.74, 6) is 0.484. The first-order valence-corrected chi connectivity index (χ1v) is 8.29. The average Bonchev–Trinajstić information content (AvgIpc) is 2.63. The summed E-state index contributed by atoms with van der Waals surface area (Å²) in [5, 5.41) is 3.34. The molecule has 1 N–H and O–H groups in total. The zero-order valence-corrected chi connectivity index (χ0v) is 14.2. The number of benzene rings is 2. The van der Waals surface area contributed by atoms with E-state index in [0.717, 1.165) is 42.8 Å². The zero-order chi connectivity index (χ0) is 17.0. The van der Waals surface area contributed by atoms with E-state index in [1.54, 1.807) is 13.2 Å². The van der Waals surface area contributed by atoms with Gasteiger partial charge in [0.05, 0.1) is 12.7 Å². The predicted molar refractivity (Wildman–Crippen MR) is 93.4 cm³/mol. The lowest BCUT2D eigenvalue weighted by molar-refractivity contribution is -0.0378. The number of ether oxygens (including phenoxy) is 2. The van der Waals surface area contributed by atoms with E-state index in [9.17, 15) is 4.79 Å². The Kier molecular flexibility index (Phi) is 4.86. The third-order valence-corrected chi connectivity index (χ3v) is 4.63. The molecule has 4 nitrogen and oxygen atoms in total. The monoisotopic (exact) mass is 325 g/mol. The van der Waals surface area contributed by atoms with Crippen molar-refractivity contribution < 1.29 is 14.3 Å². The van der Waals surface area contributed by atoms with Crippen LogP contribution in [0.1, 0.15) is 34.3 Å². The highest BCUT2D eigenvalue weighted by Gasteiger charge is 2.38. The van der Waals surface area contributed by atoms with Gasteiger partial charge in [0, 0.05) is 12.8 Å². The molecule has 1 fully saturated rings. The number of carbonyl (C=O) groups excluding carboxylic acids is 1. The third-order valence-electron chi connectivity index (χ3n) is 4.63. The smallest absolute Gasteiger partial charge is 0.339 e. The van der Waals surface area contributed by atoms with E-state index >= 15 is 0 Å². The molecule has 0 bridgehead atoms. The number of methoxy groups -OCH3 is 1. The Morgan fingerprint density at radius 3 is 2.42 bits per heavy atom. The van der Waals surface area contributed by atoms with E-state index in [1.165, 1.54) is 0 Å².